The maximum atomic E-state index is 14.1. The summed E-state index contributed by atoms with van der Waals surface area (Å²) in [6.45, 7) is -1.06. The van der Waals surface area contributed by atoms with E-state index < -0.39 is 104 Å². The topological polar surface area (TPSA) is 198 Å². The summed E-state index contributed by atoms with van der Waals surface area (Å²) in [5.74, 6) is -4.13. The Morgan fingerprint density at radius 3 is 1.23 bits per heavy atom. The van der Waals surface area contributed by atoms with Gasteiger partial charge in [0, 0.05) is 0 Å². The van der Waals surface area contributed by atoms with Gasteiger partial charge in [-0.1, -0.05) is 152 Å². The van der Waals surface area contributed by atoms with Crippen LogP contribution >= 0.6 is 0 Å². The number of benzene rings is 7. The largest absolute Gasteiger partial charge is 0.458 e. The zero-order valence-electron chi connectivity index (χ0n) is 41.4. The van der Waals surface area contributed by atoms with E-state index in [1.807, 2.05) is 60.7 Å². The monoisotopic (exact) mass is 1040 g/mol. The van der Waals surface area contributed by atoms with Crippen LogP contribution in [0.5, 0.6) is 0 Å². The van der Waals surface area contributed by atoms with Crippen molar-refractivity contribution in [3.05, 3.63) is 251 Å². The fourth-order valence-corrected chi connectivity index (χ4v) is 8.69. The summed E-state index contributed by atoms with van der Waals surface area (Å²) in [6.07, 6.45) is -15.0. The summed E-state index contributed by atoms with van der Waals surface area (Å²) in [5.41, 5.74) is 2.32. The average Bonchev–Trinajstić information content (AvgIpc) is 3.84. The predicted octanol–water partition coefficient (Wildman–Crippen LogP) is 8.38. The molecular formula is C61H54O16. The Morgan fingerprint density at radius 2 is 0.779 bits per heavy atom. The van der Waals surface area contributed by atoms with Gasteiger partial charge in [0.1, 0.15) is 31.0 Å². The number of carbonyl (C=O) groups is 5. The predicted molar refractivity (Wildman–Crippen MR) is 275 cm³/mol. The number of carbonyl (C=O) groups excluding carboxylic acids is 5. The molecular weight excluding hydrogens is 989 g/mol. The van der Waals surface area contributed by atoms with Crippen LogP contribution in [0.2, 0.25) is 0 Å². The molecule has 16 nitrogen and oxygen atoms in total. The van der Waals surface area contributed by atoms with E-state index in [1.165, 1.54) is 36.4 Å². The van der Waals surface area contributed by atoms with Crippen LogP contribution in [0.4, 0.5) is 0 Å². The minimum atomic E-state index is -2.00. The fourth-order valence-electron chi connectivity index (χ4n) is 8.69. The van der Waals surface area contributed by atoms with E-state index >= 15 is 0 Å². The van der Waals surface area contributed by atoms with Gasteiger partial charge in [-0.2, -0.15) is 0 Å². The summed E-state index contributed by atoms with van der Waals surface area (Å²) < 4.78 is 63.1. The van der Waals surface area contributed by atoms with Crippen LogP contribution < -0.4 is 0 Å². The Morgan fingerprint density at radius 1 is 0.403 bits per heavy atom. The number of aliphatic hydroxyl groups is 1. The van der Waals surface area contributed by atoms with Crippen molar-refractivity contribution in [1.82, 2.24) is 0 Å². The van der Waals surface area contributed by atoms with Gasteiger partial charge in [0.25, 0.3) is 0 Å². The van der Waals surface area contributed by atoms with Crippen LogP contribution in [0, 0.1) is 0 Å². The van der Waals surface area contributed by atoms with Crippen LogP contribution in [0.25, 0.3) is 0 Å². The van der Waals surface area contributed by atoms with Gasteiger partial charge < -0.3 is 52.5 Å². The summed E-state index contributed by atoms with van der Waals surface area (Å²) in [7, 11) is 0. The minimum absolute atomic E-state index is 0.00599. The Balaban J connectivity index is 1.07. The van der Waals surface area contributed by atoms with Gasteiger partial charge in [0.2, 0.25) is 0 Å². The third-order valence-electron chi connectivity index (χ3n) is 12.6. The highest BCUT2D eigenvalue weighted by Gasteiger charge is 2.55. The van der Waals surface area contributed by atoms with Crippen molar-refractivity contribution in [1.29, 1.82) is 0 Å². The molecule has 0 aromatic heterocycles. The van der Waals surface area contributed by atoms with Gasteiger partial charge in [-0.15, -0.1) is 0 Å². The Bertz CT molecular complexity index is 2990. The van der Waals surface area contributed by atoms with Crippen molar-refractivity contribution in [3.63, 3.8) is 0 Å². The van der Waals surface area contributed by atoms with E-state index in [1.54, 1.807) is 115 Å². The lowest BCUT2D eigenvalue weighted by Crippen LogP contribution is -2.62. The molecule has 2 saturated heterocycles. The van der Waals surface area contributed by atoms with Crippen LogP contribution in [0.15, 0.2) is 212 Å². The Kier molecular flexibility index (Phi) is 18.3. The molecule has 10 atom stereocenters. The van der Waals surface area contributed by atoms with Crippen LogP contribution in [-0.2, 0) is 60.6 Å². The molecule has 2 aliphatic heterocycles. The lowest BCUT2D eigenvalue weighted by Gasteiger charge is -2.43. The fraction of sp³-hybridized carbons (Fsp3) is 0.230. The Labute approximate surface area is 443 Å². The van der Waals surface area contributed by atoms with E-state index in [0.29, 0.717) is 0 Å². The molecule has 0 unspecified atom stereocenters. The second-order valence-corrected chi connectivity index (χ2v) is 17.9. The summed E-state index contributed by atoms with van der Waals surface area (Å²) >= 11 is 0. The first-order chi connectivity index (χ1) is 37.7. The molecule has 7 aromatic carbocycles. The van der Waals surface area contributed by atoms with Crippen molar-refractivity contribution in [2.45, 2.75) is 74.6 Å². The molecule has 0 spiro atoms. The van der Waals surface area contributed by atoms with Crippen LogP contribution in [-0.4, -0.2) is 110 Å². The smallest absolute Gasteiger partial charge is 0.338 e. The molecule has 2 heterocycles. The maximum Gasteiger partial charge on any atom is 0.338 e. The quantitative estimate of drug-likeness (QED) is 0.0531. The molecule has 0 radical (unpaired) electrons. The number of hydrogen-bond acceptors (Lipinski definition) is 16. The number of esters is 5. The Hall–Kier alpha value is -8.35. The van der Waals surface area contributed by atoms with Crippen molar-refractivity contribution >= 4 is 29.8 Å². The molecule has 9 rings (SSSR count). The number of ether oxygens (including phenoxy) is 10. The molecule has 0 amide bonds. The van der Waals surface area contributed by atoms with Crippen LogP contribution in [0.1, 0.15) is 62.9 Å². The molecule has 2 fully saturated rings. The van der Waals surface area contributed by atoms with Crippen LogP contribution in [0.3, 0.4) is 0 Å². The third kappa shape index (κ3) is 14.1. The van der Waals surface area contributed by atoms with Crippen molar-refractivity contribution in [2.75, 3.05) is 13.2 Å². The molecule has 7 aromatic rings. The molecule has 394 valence electrons. The molecule has 2 aliphatic rings. The van der Waals surface area contributed by atoms with Gasteiger partial charge in [0.05, 0.1) is 47.6 Å². The minimum Gasteiger partial charge on any atom is -0.458 e. The number of aliphatic hydroxyl groups excluding tert-OH is 1. The summed E-state index contributed by atoms with van der Waals surface area (Å²) in [4.78, 5) is 69.3. The molecule has 16 heteroatoms. The highest BCUT2D eigenvalue weighted by molar-refractivity contribution is 5.92. The lowest BCUT2D eigenvalue weighted by molar-refractivity contribution is -0.296. The zero-order valence-corrected chi connectivity index (χ0v) is 41.4. The van der Waals surface area contributed by atoms with Crippen molar-refractivity contribution < 1.29 is 76.4 Å². The number of hydrogen-bond donors (Lipinski definition) is 1. The van der Waals surface area contributed by atoms with Gasteiger partial charge >= 0.3 is 29.8 Å². The van der Waals surface area contributed by atoms with Gasteiger partial charge in [-0.05, 0) is 71.8 Å². The zero-order chi connectivity index (χ0) is 53.3. The van der Waals surface area contributed by atoms with Gasteiger partial charge in [-0.25, -0.2) is 24.0 Å². The van der Waals surface area contributed by atoms with Crippen molar-refractivity contribution in [2.24, 2.45) is 0 Å². The highest BCUT2D eigenvalue weighted by Crippen LogP contribution is 2.35. The highest BCUT2D eigenvalue weighted by atomic mass is 16.7. The molecule has 0 bridgehead atoms. The summed E-state index contributed by atoms with van der Waals surface area (Å²) in [6, 6.07) is 58.9. The second kappa shape index (κ2) is 26.4. The third-order valence-corrected chi connectivity index (χ3v) is 12.6. The van der Waals surface area contributed by atoms with E-state index in [0.717, 1.165) is 11.1 Å². The van der Waals surface area contributed by atoms with E-state index in [4.69, 9.17) is 47.4 Å². The van der Waals surface area contributed by atoms with Crippen molar-refractivity contribution in [3.8, 4) is 0 Å². The summed E-state index contributed by atoms with van der Waals surface area (Å²) in [5, 5.41) is 11.9. The average molecular weight is 1040 g/mol. The van der Waals surface area contributed by atoms with E-state index in [2.05, 4.69) is 0 Å². The molecule has 0 aliphatic carbocycles. The van der Waals surface area contributed by atoms with Gasteiger partial charge in [-0.3, -0.25) is 0 Å². The first-order valence-electron chi connectivity index (χ1n) is 24.9. The first-order valence-corrected chi connectivity index (χ1v) is 24.9. The van der Waals surface area contributed by atoms with E-state index in [9.17, 15) is 29.1 Å². The SMILES string of the molecule is O=C(OC[C@@H](OC(=O)c1ccccc1)[C@@H]1O[C@H](OC[C@H]2O[C@H](O)[C@@H](OC(=O)c3ccccc3)[C@@H](OC(=O)c3ccccc3)[C@@H]2OC(=O)c2ccccc2)[C@H](OCc2ccccc2)[C@H]1OCc1ccccc1)c1ccccc1. The number of rotatable bonds is 21. The molecule has 77 heavy (non-hydrogen) atoms. The second-order valence-electron chi connectivity index (χ2n) is 17.9. The van der Waals surface area contributed by atoms with E-state index in [-0.39, 0.29) is 41.0 Å². The molecule has 0 saturated carbocycles. The molecule has 1 N–H and O–H groups in total. The van der Waals surface area contributed by atoms with Gasteiger partial charge in [0.15, 0.2) is 37.0 Å². The standard InChI is InChI=1S/C61H54O16/c62-55(42-26-12-3-13-27-42)70-38-47(72-56(63)43-28-14-4-15-29-43)49-51(68-36-40-22-8-1-9-23-40)54(69-37-41-24-10-2-11-25-41)61(77-49)71-39-48-50(74-57(64)44-30-16-5-17-31-44)52(75-58(65)45-32-18-6-19-33-45)53(60(67)73-48)76-59(66)46-34-20-7-21-35-46/h1-35,47-54,60-61,67H,36-39H2/t47-,48-,49+,50-,51+,52+,53+,54-,60+,61+/m1/s1. The first kappa shape index (κ1) is 53.5. The normalized spacial score (nSPS) is 22.2. The maximum absolute atomic E-state index is 14.1. The lowest BCUT2D eigenvalue weighted by atomic mass is 9.97.